The van der Waals surface area contributed by atoms with Crippen LogP contribution in [-0.4, -0.2) is 55.8 Å². The molecule has 7 heteroatoms. The highest BCUT2D eigenvalue weighted by molar-refractivity contribution is 5.92. The number of aliphatic carboxylic acids is 1. The number of Topliss-reactive ketones (excluding diaryl/α,β-unsaturated/α-hetero) is 1. The quantitative estimate of drug-likeness (QED) is 0.428. The summed E-state index contributed by atoms with van der Waals surface area (Å²) in [6.45, 7) is 4.07. The Balaban J connectivity index is 1.54. The van der Waals surface area contributed by atoms with E-state index in [-0.39, 0.29) is 48.2 Å². The fourth-order valence-electron chi connectivity index (χ4n) is 8.12. The number of rotatable bonds is 7. The predicted octanol–water partition coefficient (Wildman–Crippen LogP) is 2.80. The molecule has 0 spiro atoms. The second-order valence-corrected chi connectivity index (χ2v) is 11.5. The normalized spacial score (nSPS) is 43.2. The van der Waals surface area contributed by atoms with Gasteiger partial charge in [-0.1, -0.05) is 19.4 Å². The van der Waals surface area contributed by atoms with E-state index in [9.17, 15) is 29.7 Å². The van der Waals surface area contributed by atoms with Gasteiger partial charge in [-0.15, -0.1) is 0 Å². The maximum atomic E-state index is 13.3. The van der Waals surface area contributed by atoms with Crippen LogP contribution < -0.4 is 0 Å². The van der Waals surface area contributed by atoms with Crippen LogP contribution in [0.1, 0.15) is 84.5 Å². The number of carbonyl (C=O) groups excluding carboxylic acids is 2. The average Bonchev–Trinajstić information content (AvgIpc) is 3.02. The smallest absolute Gasteiger partial charge is 0.303 e. The standard InChI is InChI=1S/C26H38O7/c1-24-11-9-16(27)13-15(24)7-8-17-18-10-12-26(33,25(18,2)14-20(29)22(17)24)23(32)19(28)5-3-4-6-21(30)31/h13,17-20,22,28-29,33H,3-12,14H2,1-2H3,(H,30,31)/t17-,18-,19?,20-,22+,24-,25-,26-/m0/s1. The third-order valence-electron chi connectivity index (χ3n) is 9.88. The first kappa shape index (κ1) is 24.6. The first-order valence-electron chi connectivity index (χ1n) is 12.5. The lowest BCUT2D eigenvalue weighted by Crippen LogP contribution is -2.62. The topological polar surface area (TPSA) is 132 Å². The summed E-state index contributed by atoms with van der Waals surface area (Å²) in [5.41, 5.74) is -1.61. The van der Waals surface area contributed by atoms with Gasteiger partial charge in [-0.3, -0.25) is 14.4 Å². The summed E-state index contributed by atoms with van der Waals surface area (Å²) in [6.07, 6.45) is 4.75. The summed E-state index contributed by atoms with van der Waals surface area (Å²) in [4.78, 5) is 36.0. The van der Waals surface area contributed by atoms with Gasteiger partial charge in [0, 0.05) is 18.3 Å². The molecule has 33 heavy (non-hydrogen) atoms. The van der Waals surface area contributed by atoms with Crippen molar-refractivity contribution in [2.45, 2.75) is 102 Å². The first-order chi connectivity index (χ1) is 15.4. The molecule has 0 aromatic rings. The Morgan fingerprint density at radius 2 is 1.88 bits per heavy atom. The second-order valence-electron chi connectivity index (χ2n) is 11.5. The number of hydrogen-bond donors (Lipinski definition) is 4. The monoisotopic (exact) mass is 462 g/mol. The van der Waals surface area contributed by atoms with Crippen molar-refractivity contribution in [3.63, 3.8) is 0 Å². The van der Waals surface area contributed by atoms with Crippen molar-refractivity contribution in [1.29, 1.82) is 0 Å². The Kier molecular flexibility index (Phi) is 6.38. The first-order valence-corrected chi connectivity index (χ1v) is 12.5. The minimum Gasteiger partial charge on any atom is -0.481 e. The third-order valence-corrected chi connectivity index (χ3v) is 9.88. The molecule has 4 rings (SSSR count). The maximum Gasteiger partial charge on any atom is 0.303 e. The molecule has 0 amide bonds. The van der Waals surface area contributed by atoms with Crippen LogP contribution in [0.2, 0.25) is 0 Å². The number of hydrogen-bond acceptors (Lipinski definition) is 6. The molecule has 184 valence electrons. The van der Waals surface area contributed by atoms with Gasteiger partial charge in [0.1, 0.15) is 11.7 Å². The predicted molar refractivity (Wildman–Crippen MR) is 120 cm³/mol. The molecule has 0 radical (unpaired) electrons. The van der Waals surface area contributed by atoms with Gasteiger partial charge in [-0.25, -0.2) is 0 Å². The number of aliphatic hydroxyl groups excluding tert-OH is 2. The second kappa shape index (κ2) is 8.58. The molecule has 0 bridgehead atoms. The van der Waals surface area contributed by atoms with E-state index >= 15 is 0 Å². The highest BCUT2D eigenvalue weighted by Crippen LogP contribution is 2.67. The fourth-order valence-corrected chi connectivity index (χ4v) is 8.12. The fraction of sp³-hybridized carbons (Fsp3) is 0.808. The molecule has 8 atom stereocenters. The van der Waals surface area contributed by atoms with E-state index in [1.165, 1.54) is 0 Å². The van der Waals surface area contributed by atoms with E-state index in [4.69, 9.17) is 5.11 Å². The molecule has 7 nitrogen and oxygen atoms in total. The van der Waals surface area contributed by atoms with Crippen molar-refractivity contribution in [1.82, 2.24) is 0 Å². The summed E-state index contributed by atoms with van der Waals surface area (Å²) < 4.78 is 0. The lowest BCUT2D eigenvalue weighted by Gasteiger charge is -2.60. The van der Waals surface area contributed by atoms with E-state index in [0.29, 0.717) is 32.1 Å². The zero-order chi connectivity index (χ0) is 24.2. The minimum atomic E-state index is -1.70. The van der Waals surface area contributed by atoms with Gasteiger partial charge in [0.05, 0.1) is 6.10 Å². The number of carboxylic acid groups (broad SMARTS) is 1. The molecule has 0 aliphatic heterocycles. The summed E-state index contributed by atoms with van der Waals surface area (Å²) in [6, 6.07) is 0. The van der Waals surface area contributed by atoms with Crippen LogP contribution >= 0.6 is 0 Å². The lowest BCUT2D eigenvalue weighted by molar-refractivity contribution is -0.186. The SMILES string of the molecule is C[C@]12CCC(=O)C=C1CC[C@@H]1[C@@H]2[C@@H](O)C[C@@]2(C)[C@H]1CC[C@]2(O)C(=O)C(O)CCCCC(=O)O. The van der Waals surface area contributed by atoms with Crippen LogP contribution in [0.25, 0.3) is 0 Å². The van der Waals surface area contributed by atoms with Crippen LogP contribution in [0.3, 0.4) is 0 Å². The van der Waals surface area contributed by atoms with Gasteiger partial charge in [0.25, 0.3) is 0 Å². The summed E-state index contributed by atoms with van der Waals surface area (Å²) in [5, 5.41) is 42.5. The van der Waals surface area contributed by atoms with Crippen molar-refractivity contribution in [3.8, 4) is 0 Å². The summed E-state index contributed by atoms with van der Waals surface area (Å²) in [5.74, 6) is -1.11. The largest absolute Gasteiger partial charge is 0.481 e. The van der Waals surface area contributed by atoms with Gasteiger partial charge in [0.2, 0.25) is 0 Å². The van der Waals surface area contributed by atoms with Crippen molar-refractivity contribution < 1.29 is 34.8 Å². The van der Waals surface area contributed by atoms with Crippen LogP contribution in [-0.2, 0) is 14.4 Å². The number of ketones is 2. The van der Waals surface area contributed by atoms with Crippen LogP contribution in [0.4, 0.5) is 0 Å². The molecular weight excluding hydrogens is 424 g/mol. The number of unbranched alkanes of at least 4 members (excludes halogenated alkanes) is 1. The molecule has 0 heterocycles. The minimum absolute atomic E-state index is 0.00192. The van der Waals surface area contributed by atoms with E-state index in [2.05, 4.69) is 6.92 Å². The lowest BCUT2D eigenvalue weighted by atomic mass is 9.45. The van der Waals surface area contributed by atoms with Crippen molar-refractivity contribution in [3.05, 3.63) is 11.6 Å². The molecule has 0 saturated heterocycles. The van der Waals surface area contributed by atoms with E-state index in [0.717, 1.165) is 24.8 Å². The molecule has 4 aliphatic carbocycles. The molecule has 4 aliphatic rings. The number of carboxylic acids is 1. The Bertz CT molecular complexity index is 865. The highest BCUT2D eigenvalue weighted by Gasteiger charge is 2.68. The van der Waals surface area contributed by atoms with Gasteiger partial charge < -0.3 is 20.4 Å². The molecule has 0 aromatic carbocycles. The Morgan fingerprint density at radius 3 is 2.58 bits per heavy atom. The highest BCUT2D eigenvalue weighted by atomic mass is 16.4. The molecule has 3 fully saturated rings. The maximum absolute atomic E-state index is 13.3. The third kappa shape index (κ3) is 3.80. The van der Waals surface area contributed by atoms with Gasteiger partial charge >= 0.3 is 5.97 Å². The number of allylic oxidation sites excluding steroid dienone is 1. The summed E-state index contributed by atoms with van der Waals surface area (Å²) >= 11 is 0. The molecule has 3 saturated carbocycles. The zero-order valence-corrected chi connectivity index (χ0v) is 19.8. The number of aliphatic hydroxyl groups is 3. The van der Waals surface area contributed by atoms with Crippen LogP contribution in [0.5, 0.6) is 0 Å². The summed E-state index contributed by atoms with van der Waals surface area (Å²) in [7, 11) is 0. The van der Waals surface area contributed by atoms with Crippen molar-refractivity contribution >= 4 is 17.5 Å². The number of fused-ring (bicyclic) bond motifs is 5. The Labute approximate surface area is 195 Å². The molecule has 4 N–H and O–H groups in total. The van der Waals surface area contributed by atoms with Gasteiger partial charge in [-0.05, 0) is 87.0 Å². The Morgan fingerprint density at radius 1 is 1.15 bits per heavy atom. The Hall–Kier alpha value is -1.57. The van der Waals surface area contributed by atoms with E-state index in [1.807, 2.05) is 6.92 Å². The van der Waals surface area contributed by atoms with E-state index < -0.39 is 35.0 Å². The average molecular weight is 463 g/mol. The van der Waals surface area contributed by atoms with Crippen LogP contribution in [0, 0.1) is 28.6 Å². The van der Waals surface area contributed by atoms with Gasteiger partial charge in [0.15, 0.2) is 11.6 Å². The molecule has 0 aromatic heterocycles. The molecule has 1 unspecified atom stereocenters. The van der Waals surface area contributed by atoms with Crippen molar-refractivity contribution in [2.24, 2.45) is 28.6 Å². The van der Waals surface area contributed by atoms with Crippen LogP contribution in [0.15, 0.2) is 11.6 Å². The van der Waals surface area contributed by atoms with E-state index in [1.54, 1.807) is 6.08 Å². The van der Waals surface area contributed by atoms with Crippen molar-refractivity contribution in [2.75, 3.05) is 0 Å². The zero-order valence-electron chi connectivity index (χ0n) is 19.8. The van der Waals surface area contributed by atoms with Gasteiger partial charge in [-0.2, -0.15) is 0 Å². The molecular formula is C26H38O7. The number of carbonyl (C=O) groups is 3.